The Kier molecular flexibility index (Phi) is 12.6. The molecule has 0 aliphatic rings. The fraction of sp³-hybridized carbons (Fsp3) is 0.750. The number of carbonyl (C=O) groups excluding carboxylic acids is 6. The summed E-state index contributed by atoms with van der Waals surface area (Å²) in [6, 6.07) is -2.33. The van der Waals surface area contributed by atoms with Crippen LogP contribution in [0.3, 0.4) is 0 Å². The number of rotatable bonds is 9. The average molecular weight is 517 g/mol. The van der Waals surface area contributed by atoms with Crippen molar-refractivity contribution in [3.8, 4) is 0 Å². The molecule has 0 aromatic rings. The Labute approximate surface area is 212 Å². The molecule has 0 bridgehead atoms. The number of nitrogens with one attached hydrogen (secondary N) is 2. The molecule has 0 saturated carbocycles. The fourth-order valence-corrected chi connectivity index (χ4v) is 2.52. The van der Waals surface area contributed by atoms with Crippen molar-refractivity contribution in [2.24, 2.45) is 11.8 Å². The van der Waals surface area contributed by atoms with Crippen LogP contribution in [-0.2, 0) is 38.1 Å². The molecule has 2 N–H and O–H groups in total. The minimum Gasteiger partial charge on any atom is -0.444 e. The zero-order chi connectivity index (χ0) is 28.4. The van der Waals surface area contributed by atoms with E-state index in [0.717, 1.165) is 0 Å². The Morgan fingerprint density at radius 1 is 0.583 bits per heavy atom. The van der Waals surface area contributed by atoms with Crippen LogP contribution in [0.2, 0.25) is 0 Å². The zero-order valence-corrected chi connectivity index (χ0v) is 22.8. The number of hydrogen-bond donors (Lipinski definition) is 2. The van der Waals surface area contributed by atoms with E-state index in [9.17, 15) is 28.8 Å². The number of esters is 4. The first-order chi connectivity index (χ1) is 16.2. The van der Waals surface area contributed by atoms with Crippen LogP contribution in [-0.4, -0.2) is 59.3 Å². The first-order valence-corrected chi connectivity index (χ1v) is 11.7. The normalized spacial score (nSPS) is 13.3. The predicted molar refractivity (Wildman–Crippen MR) is 127 cm³/mol. The molecule has 0 aliphatic heterocycles. The van der Waals surface area contributed by atoms with Crippen LogP contribution in [0.5, 0.6) is 0 Å². The first kappa shape index (κ1) is 32.8. The average Bonchev–Trinajstić information content (AvgIpc) is 2.65. The van der Waals surface area contributed by atoms with Crippen LogP contribution in [0.4, 0.5) is 9.59 Å². The lowest BCUT2D eigenvalue weighted by atomic mass is 10.1. The van der Waals surface area contributed by atoms with Gasteiger partial charge in [-0.2, -0.15) is 0 Å². The maximum Gasteiger partial charge on any atom is 0.408 e. The van der Waals surface area contributed by atoms with E-state index in [4.69, 9.17) is 18.9 Å². The van der Waals surface area contributed by atoms with E-state index in [1.54, 1.807) is 69.2 Å². The summed E-state index contributed by atoms with van der Waals surface area (Å²) in [5.74, 6) is -4.99. The molecule has 0 unspecified atom stereocenters. The maximum absolute atomic E-state index is 12.3. The highest BCUT2D eigenvalue weighted by atomic mass is 16.6. The van der Waals surface area contributed by atoms with Gasteiger partial charge in [-0.25, -0.2) is 19.2 Å². The van der Waals surface area contributed by atoms with Gasteiger partial charge in [0.15, 0.2) is 0 Å². The molecule has 0 aromatic carbocycles. The molecule has 2 amide bonds. The third-order valence-corrected chi connectivity index (χ3v) is 4.15. The molecule has 36 heavy (non-hydrogen) atoms. The van der Waals surface area contributed by atoms with Gasteiger partial charge in [-0.3, -0.25) is 9.59 Å². The summed E-state index contributed by atoms with van der Waals surface area (Å²) in [7, 11) is 0. The number of alkyl carbamates (subject to hydrolysis) is 2. The molecule has 12 heteroatoms. The molecule has 0 saturated heterocycles. The van der Waals surface area contributed by atoms with Crippen molar-refractivity contribution < 1.29 is 47.7 Å². The lowest BCUT2D eigenvalue weighted by Crippen LogP contribution is -2.47. The van der Waals surface area contributed by atoms with Crippen molar-refractivity contribution in [2.45, 2.75) is 105 Å². The van der Waals surface area contributed by atoms with E-state index >= 15 is 0 Å². The molecule has 0 heterocycles. The highest BCUT2D eigenvalue weighted by Gasteiger charge is 2.31. The highest BCUT2D eigenvalue weighted by Crippen LogP contribution is 2.12. The summed E-state index contributed by atoms with van der Waals surface area (Å²) in [5, 5.41) is 4.71. The molecule has 0 spiro atoms. The van der Waals surface area contributed by atoms with Crippen molar-refractivity contribution in [3.63, 3.8) is 0 Å². The van der Waals surface area contributed by atoms with Gasteiger partial charge in [0.05, 0.1) is 12.8 Å². The summed E-state index contributed by atoms with van der Waals surface area (Å²) in [6.07, 6.45) is -2.82. The van der Waals surface area contributed by atoms with Crippen LogP contribution in [0.15, 0.2) is 0 Å². The minimum absolute atomic E-state index is 0.425. The van der Waals surface area contributed by atoms with Crippen LogP contribution >= 0.6 is 0 Å². The molecule has 0 fully saturated rings. The van der Waals surface area contributed by atoms with Crippen molar-refractivity contribution in [3.05, 3.63) is 0 Å². The Morgan fingerprint density at radius 2 is 0.861 bits per heavy atom. The number of hydrogen-bond acceptors (Lipinski definition) is 10. The molecular formula is C24H40N2O10. The van der Waals surface area contributed by atoms with Crippen LogP contribution in [0.25, 0.3) is 0 Å². The standard InChI is InChI=1S/C24H40N2O10/c1-13(2)17(25-21(31)35-23(5,6)7)19(29)33-15(27)11-12-16(28)34-20(30)18(14(3)4)26-22(32)36-24(8,9)10/h13-14,17-18H,11-12H2,1-10H3,(H,25,31)(H,26,32)/t17-,18-/m0/s1. The first-order valence-electron chi connectivity index (χ1n) is 11.7. The summed E-state index contributed by atoms with van der Waals surface area (Å²) in [5.41, 5.74) is -1.58. The van der Waals surface area contributed by atoms with Gasteiger partial charge in [0.25, 0.3) is 0 Å². The maximum atomic E-state index is 12.3. The summed E-state index contributed by atoms with van der Waals surface area (Å²) in [4.78, 5) is 72.7. The lowest BCUT2D eigenvalue weighted by Gasteiger charge is -2.24. The van der Waals surface area contributed by atoms with Crippen LogP contribution in [0, 0.1) is 11.8 Å². The predicted octanol–water partition coefficient (Wildman–Crippen LogP) is 3.00. The Morgan fingerprint density at radius 3 is 1.08 bits per heavy atom. The SMILES string of the molecule is CC(C)[C@H](NC(=O)OC(C)(C)C)C(=O)OC(=O)CCC(=O)OC(=O)[C@@H](NC(=O)OC(C)(C)C)C(C)C. The topological polar surface area (TPSA) is 163 Å². The fourth-order valence-electron chi connectivity index (χ4n) is 2.52. The number of ether oxygens (including phenoxy) is 4. The molecule has 2 atom stereocenters. The number of amides is 2. The van der Waals surface area contributed by atoms with E-state index < -0.39 is 84.0 Å². The largest absolute Gasteiger partial charge is 0.444 e. The molecule has 0 aliphatic carbocycles. The van der Waals surface area contributed by atoms with Gasteiger partial charge in [0.1, 0.15) is 23.3 Å². The highest BCUT2D eigenvalue weighted by molar-refractivity contribution is 5.93. The van der Waals surface area contributed by atoms with E-state index in [-0.39, 0.29) is 0 Å². The second kappa shape index (κ2) is 13.8. The van der Waals surface area contributed by atoms with Crippen LogP contribution in [0.1, 0.15) is 82.1 Å². The molecule has 0 radical (unpaired) electrons. The molecule has 206 valence electrons. The Hall–Kier alpha value is -3.18. The van der Waals surface area contributed by atoms with E-state index in [1.807, 2.05) is 0 Å². The van der Waals surface area contributed by atoms with E-state index in [1.165, 1.54) is 0 Å². The van der Waals surface area contributed by atoms with Gasteiger partial charge >= 0.3 is 36.1 Å². The van der Waals surface area contributed by atoms with Crippen LogP contribution < -0.4 is 10.6 Å². The Bertz CT molecular complexity index is 754. The zero-order valence-electron chi connectivity index (χ0n) is 22.8. The molecular weight excluding hydrogens is 476 g/mol. The third-order valence-electron chi connectivity index (χ3n) is 4.15. The smallest absolute Gasteiger partial charge is 0.408 e. The van der Waals surface area contributed by atoms with Crippen molar-refractivity contribution in [1.29, 1.82) is 0 Å². The van der Waals surface area contributed by atoms with Gasteiger partial charge < -0.3 is 29.6 Å². The van der Waals surface area contributed by atoms with Gasteiger partial charge in [0, 0.05) is 0 Å². The summed E-state index contributed by atoms with van der Waals surface area (Å²) < 4.78 is 19.7. The van der Waals surface area contributed by atoms with Crippen molar-refractivity contribution in [1.82, 2.24) is 10.6 Å². The molecule has 12 nitrogen and oxygen atoms in total. The Balaban J connectivity index is 4.84. The van der Waals surface area contributed by atoms with E-state index in [2.05, 4.69) is 10.6 Å². The second-order valence-corrected chi connectivity index (χ2v) is 10.8. The van der Waals surface area contributed by atoms with Gasteiger partial charge in [-0.15, -0.1) is 0 Å². The quantitative estimate of drug-likeness (QED) is 0.264. The summed E-state index contributed by atoms with van der Waals surface area (Å²) in [6.45, 7) is 16.4. The van der Waals surface area contributed by atoms with Gasteiger partial charge in [0.2, 0.25) is 0 Å². The monoisotopic (exact) mass is 516 g/mol. The van der Waals surface area contributed by atoms with Gasteiger partial charge in [-0.05, 0) is 53.4 Å². The van der Waals surface area contributed by atoms with Crippen molar-refractivity contribution >= 4 is 36.1 Å². The van der Waals surface area contributed by atoms with Crippen molar-refractivity contribution in [2.75, 3.05) is 0 Å². The molecule has 0 aromatic heterocycles. The third kappa shape index (κ3) is 14.3. The lowest BCUT2D eigenvalue weighted by molar-refractivity contribution is -0.167. The van der Waals surface area contributed by atoms with Gasteiger partial charge in [-0.1, -0.05) is 27.7 Å². The number of carbonyl (C=O) groups is 6. The summed E-state index contributed by atoms with van der Waals surface area (Å²) >= 11 is 0. The van der Waals surface area contributed by atoms with E-state index in [0.29, 0.717) is 0 Å². The molecule has 0 rings (SSSR count). The second-order valence-electron chi connectivity index (χ2n) is 10.8. The minimum atomic E-state index is -1.16.